The second-order valence-electron chi connectivity index (χ2n) is 6.61. The van der Waals surface area contributed by atoms with E-state index < -0.39 is 5.95 Å². The second-order valence-corrected chi connectivity index (χ2v) is 7.88. The Morgan fingerprint density at radius 1 is 1.48 bits per heavy atom. The Kier molecular flexibility index (Phi) is 7.40. The smallest absolute Gasteiger partial charge is 0.213 e. The molecule has 3 rings (SSSR count). The lowest BCUT2D eigenvalue weighted by Crippen LogP contribution is -2.42. The number of allylic oxidation sites excluding steroid dienone is 1. The van der Waals surface area contributed by atoms with Crippen LogP contribution in [-0.2, 0) is 0 Å². The van der Waals surface area contributed by atoms with Crippen molar-refractivity contribution in [2.75, 3.05) is 7.05 Å². The van der Waals surface area contributed by atoms with Crippen molar-refractivity contribution in [1.29, 1.82) is 10.7 Å². The van der Waals surface area contributed by atoms with Gasteiger partial charge in [-0.3, -0.25) is 5.41 Å². The van der Waals surface area contributed by atoms with Crippen LogP contribution in [0.4, 0.5) is 4.39 Å². The number of thioether (sulfide) groups is 1. The topological polar surface area (TPSA) is 89.8 Å². The fourth-order valence-corrected chi connectivity index (χ4v) is 5.12. The first-order chi connectivity index (χ1) is 12.9. The Labute approximate surface area is 165 Å². The predicted molar refractivity (Wildman–Crippen MR) is 109 cm³/mol. The van der Waals surface area contributed by atoms with Crippen LogP contribution in [0.15, 0.2) is 28.7 Å². The number of nitrogens with zero attached hydrogens (tertiary/aromatic N) is 3. The largest absolute Gasteiger partial charge is 0.355 e. The SMILES string of the molecule is CC.CC(C1CCCC2=C1C(C#N)C(N)S2)N(C)C(=N)c1cccc(F)n1. The van der Waals surface area contributed by atoms with E-state index in [0.29, 0.717) is 5.69 Å². The van der Waals surface area contributed by atoms with Crippen LogP contribution in [0.25, 0.3) is 0 Å². The van der Waals surface area contributed by atoms with Crippen LogP contribution in [0.5, 0.6) is 0 Å². The van der Waals surface area contributed by atoms with Gasteiger partial charge in [-0.1, -0.05) is 19.9 Å². The third-order valence-electron chi connectivity index (χ3n) is 5.23. The maximum Gasteiger partial charge on any atom is 0.213 e. The number of halogens is 1. The number of pyridine rings is 1. The molecule has 4 unspecified atom stereocenters. The zero-order valence-electron chi connectivity index (χ0n) is 16.4. The molecule has 4 atom stereocenters. The summed E-state index contributed by atoms with van der Waals surface area (Å²) in [6, 6.07) is 6.84. The molecule has 1 aromatic rings. The first-order valence-corrected chi connectivity index (χ1v) is 10.3. The average molecular weight is 390 g/mol. The van der Waals surface area contributed by atoms with E-state index in [4.69, 9.17) is 11.1 Å². The van der Waals surface area contributed by atoms with Gasteiger partial charge in [-0.25, -0.2) is 4.98 Å². The van der Waals surface area contributed by atoms with Crippen LogP contribution in [0.1, 0.15) is 45.7 Å². The number of rotatable bonds is 3. The third-order valence-corrected chi connectivity index (χ3v) is 6.49. The molecule has 2 heterocycles. The monoisotopic (exact) mass is 389 g/mol. The molecule has 7 heteroatoms. The zero-order valence-corrected chi connectivity index (χ0v) is 17.2. The Balaban J connectivity index is 0.00000126. The molecule has 27 heavy (non-hydrogen) atoms. The Morgan fingerprint density at radius 3 is 2.81 bits per heavy atom. The highest BCUT2D eigenvalue weighted by Crippen LogP contribution is 2.50. The second kappa shape index (κ2) is 9.34. The molecule has 1 aliphatic heterocycles. The van der Waals surface area contributed by atoms with Crippen molar-refractivity contribution < 1.29 is 4.39 Å². The summed E-state index contributed by atoms with van der Waals surface area (Å²) in [6.45, 7) is 6.05. The minimum absolute atomic E-state index is 0.00428. The number of nitrogens with one attached hydrogen (secondary N) is 1. The van der Waals surface area contributed by atoms with Gasteiger partial charge in [0.1, 0.15) is 11.5 Å². The summed E-state index contributed by atoms with van der Waals surface area (Å²) < 4.78 is 13.4. The van der Waals surface area contributed by atoms with Gasteiger partial charge in [0.05, 0.1) is 17.4 Å². The van der Waals surface area contributed by atoms with Crippen molar-refractivity contribution >= 4 is 17.6 Å². The molecule has 2 aliphatic rings. The number of nitriles is 1. The number of nitrogens with two attached hydrogens (primary N) is 1. The Morgan fingerprint density at radius 2 is 2.19 bits per heavy atom. The highest BCUT2D eigenvalue weighted by Gasteiger charge is 2.42. The summed E-state index contributed by atoms with van der Waals surface area (Å²) in [5, 5.41) is 17.7. The summed E-state index contributed by atoms with van der Waals surface area (Å²) in [5.41, 5.74) is 7.62. The fraction of sp³-hybridized carbons (Fsp3) is 0.550. The third kappa shape index (κ3) is 4.33. The van der Waals surface area contributed by atoms with E-state index in [1.54, 1.807) is 23.9 Å². The van der Waals surface area contributed by atoms with E-state index in [2.05, 4.69) is 18.0 Å². The summed E-state index contributed by atoms with van der Waals surface area (Å²) in [4.78, 5) is 6.89. The van der Waals surface area contributed by atoms with Crippen molar-refractivity contribution in [3.05, 3.63) is 40.3 Å². The van der Waals surface area contributed by atoms with Crippen molar-refractivity contribution in [3.8, 4) is 6.07 Å². The van der Waals surface area contributed by atoms with Crippen LogP contribution < -0.4 is 5.73 Å². The minimum atomic E-state index is -0.589. The van der Waals surface area contributed by atoms with Crippen LogP contribution in [0, 0.1) is 34.5 Å². The molecule has 0 saturated heterocycles. The summed E-state index contributed by atoms with van der Waals surface area (Å²) in [7, 11) is 1.83. The van der Waals surface area contributed by atoms with Gasteiger partial charge < -0.3 is 10.6 Å². The quantitative estimate of drug-likeness (QED) is 0.461. The maximum absolute atomic E-state index is 13.4. The number of hydrogen-bond donors (Lipinski definition) is 2. The van der Waals surface area contributed by atoms with E-state index in [9.17, 15) is 9.65 Å². The molecular weight excluding hydrogens is 361 g/mol. The van der Waals surface area contributed by atoms with Gasteiger partial charge in [0.15, 0.2) is 0 Å². The molecule has 0 saturated carbocycles. The van der Waals surface area contributed by atoms with Gasteiger partial charge in [0.25, 0.3) is 0 Å². The summed E-state index contributed by atoms with van der Waals surface area (Å²) in [6.07, 6.45) is 3.02. The van der Waals surface area contributed by atoms with Crippen LogP contribution in [0.3, 0.4) is 0 Å². The lowest BCUT2D eigenvalue weighted by atomic mass is 9.77. The van der Waals surface area contributed by atoms with E-state index in [1.165, 1.54) is 11.0 Å². The molecule has 1 aromatic heterocycles. The Hall–Kier alpha value is -1.91. The minimum Gasteiger partial charge on any atom is -0.355 e. The molecule has 0 bridgehead atoms. The van der Waals surface area contributed by atoms with Gasteiger partial charge in [-0.2, -0.15) is 9.65 Å². The van der Waals surface area contributed by atoms with Crippen molar-refractivity contribution in [1.82, 2.24) is 9.88 Å². The first-order valence-electron chi connectivity index (χ1n) is 9.43. The van der Waals surface area contributed by atoms with Gasteiger partial charge in [0, 0.05) is 19.0 Å². The molecule has 3 N–H and O–H groups in total. The van der Waals surface area contributed by atoms with Crippen LogP contribution >= 0.6 is 11.8 Å². The van der Waals surface area contributed by atoms with Crippen LogP contribution in [-0.4, -0.2) is 34.2 Å². The summed E-state index contributed by atoms with van der Waals surface area (Å²) >= 11 is 1.62. The number of amidine groups is 1. The lowest BCUT2D eigenvalue weighted by molar-refractivity contribution is 0.272. The van der Waals surface area contributed by atoms with E-state index in [0.717, 1.165) is 24.8 Å². The Bertz CT molecular complexity index is 757. The van der Waals surface area contributed by atoms with Gasteiger partial charge in [-0.15, -0.1) is 11.8 Å². The van der Waals surface area contributed by atoms with Crippen molar-refractivity contribution in [3.63, 3.8) is 0 Å². The first kappa shape index (κ1) is 21.4. The van der Waals surface area contributed by atoms with Gasteiger partial charge in [0.2, 0.25) is 5.95 Å². The molecular formula is C20H28FN5S. The highest BCUT2D eigenvalue weighted by atomic mass is 32.2. The predicted octanol–water partition coefficient (Wildman–Crippen LogP) is 4.12. The van der Waals surface area contributed by atoms with Crippen LogP contribution in [0.2, 0.25) is 0 Å². The van der Waals surface area contributed by atoms with E-state index in [-0.39, 0.29) is 29.1 Å². The molecule has 146 valence electrons. The molecule has 1 aliphatic carbocycles. The number of aromatic nitrogens is 1. The molecule has 0 amide bonds. The van der Waals surface area contributed by atoms with E-state index >= 15 is 0 Å². The highest BCUT2D eigenvalue weighted by molar-refractivity contribution is 8.03. The van der Waals surface area contributed by atoms with E-state index in [1.807, 2.05) is 25.8 Å². The van der Waals surface area contributed by atoms with Crippen molar-refractivity contribution in [2.45, 2.75) is 51.4 Å². The fourth-order valence-electron chi connectivity index (χ4n) is 3.77. The molecule has 0 aromatic carbocycles. The summed E-state index contributed by atoms with van der Waals surface area (Å²) in [5.74, 6) is -0.493. The molecule has 0 fully saturated rings. The van der Waals surface area contributed by atoms with Gasteiger partial charge >= 0.3 is 0 Å². The maximum atomic E-state index is 13.4. The number of hydrogen-bond acceptors (Lipinski definition) is 5. The molecule has 5 nitrogen and oxygen atoms in total. The molecule has 0 radical (unpaired) electrons. The lowest BCUT2D eigenvalue weighted by Gasteiger charge is -2.37. The molecule has 0 spiro atoms. The van der Waals surface area contributed by atoms with Gasteiger partial charge in [-0.05, 0) is 48.8 Å². The standard InChI is InChI=1S/C18H22FN5S.C2H6/c1-10(24(2)17(21)13-6-4-8-15(19)23-13)11-5-3-7-14-16(11)12(9-20)18(22)25-14;1-2/h4,6,8,10-12,18,21H,3,5,7,22H2,1-2H3;1-2H3. The van der Waals surface area contributed by atoms with Crippen molar-refractivity contribution in [2.24, 2.45) is 17.6 Å². The average Bonchev–Trinajstić information content (AvgIpc) is 3.02. The normalized spacial score (nSPS) is 25.0. The zero-order chi connectivity index (χ0) is 20.1.